The second-order valence-electron chi connectivity index (χ2n) is 4.35. The van der Waals surface area contributed by atoms with Crippen LogP contribution in [0.3, 0.4) is 0 Å². The molecule has 0 bridgehead atoms. The summed E-state index contributed by atoms with van der Waals surface area (Å²) >= 11 is 0. The molecule has 1 aliphatic carbocycles. The van der Waals surface area contributed by atoms with Crippen molar-refractivity contribution in [1.29, 1.82) is 0 Å². The van der Waals surface area contributed by atoms with Gasteiger partial charge in [0.2, 0.25) is 0 Å². The fraction of sp³-hybridized carbons (Fsp3) is 0.833. The molecule has 0 heterocycles. The van der Waals surface area contributed by atoms with Crippen LogP contribution in [0.1, 0.15) is 46.0 Å². The molecule has 0 amide bonds. The third-order valence-corrected chi connectivity index (χ3v) is 3.59. The zero-order valence-corrected chi connectivity index (χ0v) is 8.55. The van der Waals surface area contributed by atoms with Gasteiger partial charge in [-0.3, -0.25) is 0 Å². The molecule has 0 heteroatoms. The van der Waals surface area contributed by atoms with Crippen LogP contribution in [0.15, 0.2) is 12.7 Å². The third kappa shape index (κ3) is 2.36. The Morgan fingerprint density at radius 1 is 1.17 bits per heavy atom. The van der Waals surface area contributed by atoms with E-state index in [0.29, 0.717) is 5.92 Å². The van der Waals surface area contributed by atoms with Crippen molar-refractivity contribution in [2.45, 2.75) is 46.0 Å². The maximum absolute atomic E-state index is 3.88. The fourth-order valence-electron chi connectivity index (χ4n) is 2.30. The Labute approximate surface area is 77.1 Å². The first-order valence-corrected chi connectivity index (χ1v) is 5.38. The van der Waals surface area contributed by atoms with Gasteiger partial charge in [-0.05, 0) is 17.8 Å². The monoisotopic (exact) mass is 166 g/mol. The molecule has 0 nitrogen and oxygen atoms in total. The lowest BCUT2D eigenvalue weighted by Crippen LogP contribution is -2.20. The summed E-state index contributed by atoms with van der Waals surface area (Å²) in [4.78, 5) is 0. The van der Waals surface area contributed by atoms with Crippen molar-refractivity contribution < 1.29 is 0 Å². The van der Waals surface area contributed by atoms with Crippen LogP contribution in [0, 0.1) is 17.8 Å². The van der Waals surface area contributed by atoms with Crippen molar-refractivity contribution in [3.63, 3.8) is 0 Å². The second-order valence-corrected chi connectivity index (χ2v) is 4.35. The molecule has 1 saturated carbocycles. The van der Waals surface area contributed by atoms with Crippen molar-refractivity contribution in [2.75, 3.05) is 0 Å². The minimum atomic E-state index is 0.702. The van der Waals surface area contributed by atoms with Gasteiger partial charge in [0, 0.05) is 0 Å². The highest BCUT2D eigenvalue weighted by Crippen LogP contribution is 2.33. The number of hydrogen-bond donors (Lipinski definition) is 0. The highest BCUT2D eigenvalue weighted by Gasteiger charge is 2.22. The lowest BCUT2D eigenvalue weighted by molar-refractivity contribution is 0.227. The van der Waals surface area contributed by atoms with Gasteiger partial charge in [-0.25, -0.2) is 0 Å². The van der Waals surface area contributed by atoms with Gasteiger partial charge < -0.3 is 0 Å². The van der Waals surface area contributed by atoms with E-state index in [1.54, 1.807) is 0 Å². The summed E-state index contributed by atoms with van der Waals surface area (Å²) in [6.45, 7) is 8.57. The van der Waals surface area contributed by atoms with E-state index in [1.807, 2.05) is 0 Å². The maximum atomic E-state index is 3.88. The van der Waals surface area contributed by atoms with Gasteiger partial charge in [-0.15, -0.1) is 6.58 Å². The first-order valence-electron chi connectivity index (χ1n) is 5.38. The smallest absolute Gasteiger partial charge is 0.0236 e. The predicted molar refractivity (Wildman–Crippen MR) is 55.1 cm³/mol. The molecular weight excluding hydrogens is 144 g/mol. The van der Waals surface area contributed by atoms with E-state index in [9.17, 15) is 0 Å². The molecule has 1 aliphatic rings. The molecule has 0 aliphatic heterocycles. The highest BCUT2D eigenvalue weighted by molar-refractivity contribution is 4.84. The van der Waals surface area contributed by atoms with Gasteiger partial charge >= 0.3 is 0 Å². The molecule has 0 unspecified atom stereocenters. The van der Waals surface area contributed by atoms with E-state index in [2.05, 4.69) is 26.5 Å². The number of allylic oxidation sites excluding steroid dienone is 1. The lowest BCUT2D eigenvalue weighted by Gasteiger charge is -2.30. The topological polar surface area (TPSA) is 0 Å². The average molecular weight is 166 g/mol. The standard InChI is InChI=1S/C12H22/c1-4-10(2)11(3)12-8-6-5-7-9-12/h4,10-12H,1,5-9H2,2-3H3/t10-,11-/m1/s1. The summed E-state index contributed by atoms with van der Waals surface area (Å²) in [6, 6.07) is 0. The van der Waals surface area contributed by atoms with Crippen LogP contribution >= 0.6 is 0 Å². The molecule has 2 atom stereocenters. The van der Waals surface area contributed by atoms with E-state index >= 15 is 0 Å². The van der Waals surface area contributed by atoms with Crippen molar-refractivity contribution in [3.05, 3.63) is 12.7 Å². The Morgan fingerprint density at radius 2 is 1.75 bits per heavy atom. The molecule has 1 fully saturated rings. The maximum Gasteiger partial charge on any atom is -0.0236 e. The van der Waals surface area contributed by atoms with Crippen LogP contribution in [-0.4, -0.2) is 0 Å². The van der Waals surface area contributed by atoms with E-state index in [1.165, 1.54) is 32.1 Å². The van der Waals surface area contributed by atoms with Crippen LogP contribution in [-0.2, 0) is 0 Å². The van der Waals surface area contributed by atoms with Crippen molar-refractivity contribution in [2.24, 2.45) is 17.8 Å². The Kier molecular flexibility index (Phi) is 3.84. The first kappa shape index (κ1) is 9.83. The summed E-state index contributed by atoms with van der Waals surface area (Å²) in [5, 5.41) is 0. The largest absolute Gasteiger partial charge is 0.103 e. The fourth-order valence-corrected chi connectivity index (χ4v) is 2.30. The van der Waals surface area contributed by atoms with Crippen LogP contribution in [0.25, 0.3) is 0 Å². The molecule has 0 aromatic carbocycles. The van der Waals surface area contributed by atoms with Gasteiger partial charge in [0.25, 0.3) is 0 Å². The second kappa shape index (κ2) is 4.69. The van der Waals surface area contributed by atoms with Crippen molar-refractivity contribution in [1.82, 2.24) is 0 Å². The zero-order valence-electron chi connectivity index (χ0n) is 8.55. The van der Waals surface area contributed by atoms with E-state index < -0.39 is 0 Å². The molecule has 70 valence electrons. The minimum absolute atomic E-state index is 0.702. The van der Waals surface area contributed by atoms with E-state index in [0.717, 1.165) is 11.8 Å². The van der Waals surface area contributed by atoms with Crippen LogP contribution in [0.5, 0.6) is 0 Å². The van der Waals surface area contributed by atoms with Gasteiger partial charge in [-0.1, -0.05) is 52.0 Å². The van der Waals surface area contributed by atoms with Crippen molar-refractivity contribution >= 4 is 0 Å². The molecule has 0 aromatic rings. The SMILES string of the molecule is C=C[C@@H](C)[C@@H](C)C1CCCCC1. The molecule has 0 saturated heterocycles. The summed E-state index contributed by atoms with van der Waals surface area (Å²) in [5.74, 6) is 2.53. The van der Waals surface area contributed by atoms with Crippen LogP contribution < -0.4 is 0 Å². The Bertz CT molecular complexity index is 131. The summed E-state index contributed by atoms with van der Waals surface area (Å²) in [6.07, 6.45) is 9.40. The molecular formula is C12H22. The first-order chi connectivity index (χ1) is 5.75. The van der Waals surface area contributed by atoms with Gasteiger partial charge in [-0.2, -0.15) is 0 Å². The summed E-state index contributed by atoms with van der Waals surface area (Å²) in [5.41, 5.74) is 0. The molecule has 0 N–H and O–H groups in total. The molecule has 12 heavy (non-hydrogen) atoms. The normalized spacial score (nSPS) is 24.8. The molecule has 0 aromatic heterocycles. The Morgan fingerprint density at radius 3 is 2.25 bits per heavy atom. The minimum Gasteiger partial charge on any atom is -0.103 e. The summed E-state index contributed by atoms with van der Waals surface area (Å²) < 4.78 is 0. The molecule has 0 radical (unpaired) electrons. The number of rotatable bonds is 3. The number of hydrogen-bond acceptors (Lipinski definition) is 0. The molecule has 1 rings (SSSR count). The van der Waals surface area contributed by atoms with E-state index in [-0.39, 0.29) is 0 Å². The Hall–Kier alpha value is -0.260. The predicted octanol–water partition coefficient (Wildman–Crippen LogP) is 4.02. The van der Waals surface area contributed by atoms with Crippen molar-refractivity contribution in [3.8, 4) is 0 Å². The van der Waals surface area contributed by atoms with E-state index in [4.69, 9.17) is 0 Å². The van der Waals surface area contributed by atoms with Gasteiger partial charge in [0.05, 0.1) is 0 Å². The van der Waals surface area contributed by atoms with Gasteiger partial charge in [0.1, 0.15) is 0 Å². The molecule has 0 spiro atoms. The summed E-state index contributed by atoms with van der Waals surface area (Å²) in [7, 11) is 0. The third-order valence-electron chi connectivity index (χ3n) is 3.59. The van der Waals surface area contributed by atoms with Gasteiger partial charge in [0.15, 0.2) is 0 Å². The van der Waals surface area contributed by atoms with Crippen LogP contribution in [0.4, 0.5) is 0 Å². The highest BCUT2D eigenvalue weighted by atomic mass is 14.3. The lowest BCUT2D eigenvalue weighted by atomic mass is 9.76. The van der Waals surface area contributed by atoms with Crippen LogP contribution in [0.2, 0.25) is 0 Å². The average Bonchev–Trinajstić information content (AvgIpc) is 2.17. The quantitative estimate of drug-likeness (QED) is 0.555. The zero-order chi connectivity index (χ0) is 8.97. The Balaban J connectivity index is 2.38.